The van der Waals surface area contributed by atoms with Gasteiger partial charge in [-0.05, 0) is 24.6 Å². The maximum Gasteiger partial charge on any atom is 0.308 e. The number of carbonyl (C=O) groups is 1. The van der Waals surface area contributed by atoms with Crippen molar-refractivity contribution in [1.82, 2.24) is 4.98 Å². The molecule has 0 fully saturated rings. The molecule has 0 atom stereocenters. The maximum atomic E-state index is 10.7. The number of aromatic nitrogens is 1. The van der Waals surface area contributed by atoms with Gasteiger partial charge in [-0.25, -0.2) is 4.98 Å². The minimum Gasteiger partial charge on any atom is -0.508 e. The molecule has 0 saturated carbocycles. The Kier molecular flexibility index (Phi) is 4.44. The number of benzene rings is 1. The van der Waals surface area contributed by atoms with E-state index in [1.807, 2.05) is 19.1 Å². The number of aryl methyl sites for hydroxylation is 1. The summed E-state index contributed by atoms with van der Waals surface area (Å²) < 4.78 is 0.877. The quantitative estimate of drug-likeness (QED) is 0.830. The van der Waals surface area contributed by atoms with Crippen LogP contribution in [0.4, 0.5) is 0 Å². The first-order valence-corrected chi connectivity index (χ1v) is 7.43. The Hall–Kier alpha value is -1.53. The van der Waals surface area contributed by atoms with Crippen molar-refractivity contribution in [1.29, 1.82) is 0 Å². The summed E-state index contributed by atoms with van der Waals surface area (Å²) in [5.41, 5.74) is 1.89. The summed E-state index contributed by atoms with van der Waals surface area (Å²) in [6.45, 7) is 1.83. The lowest BCUT2D eigenvalue weighted by Gasteiger charge is -1.98. The second kappa shape index (κ2) is 6.08. The highest BCUT2D eigenvalue weighted by Crippen LogP contribution is 2.30. The minimum atomic E-state index is -0.832. The number of thiazole rings is 1. The van der Waals surface area contributed by atoms with Gasteiger partial charge in [-0.3, -0.25) is 4.79 Å². The lowest BCUT2D eigenvalue weighted by atomic mass is 10.2. The Bertz CT molecular complexity index is 578. The SMILES string of the molecule is Cc1nc(SCc2ccc(O)cc2)sc1CC(=O)O. The van der Waals surface area contributed by atoms with Crippen LogP contribution in [0.2, 0.25) is 0 Å². The van der Waals surface area contributed by atoms with Crippen molar-refractivity contribution in [2.75, 3.05) is 0 Å². The number of carboxylic acids is 1. The van der Waals surface area contributed by atoms with E-state index in [4.69, 9.17) is 5.11 Å². The van der Waals surface area contributed by atoms with Crippen LogP contribution in [0.1, 0.15) is 16.1 Å². The zero-order valence-corrected chi connectivity index (χ0v) is 11.9. The van der Waals surface area contributed by atoms with Crippen LogP contribution in [0.3, 0.4) is 0 Å². The molecule has 0 amide bonds. The molecular weight excluding hydrogens is 282 g/mol. The third kappa shape index (κ3) is 3.97. The van der Waals surface area contributed by atoms with E-state index in [1.165, 1.54) is 11.3 Å². The number of carboxylic acid groups (broad SMARTS) is 1. The lowest BCUT2D eigenvalue weighted by Crippen LogP contribution is -1.99. The fourth-order valence-corrected chi connectivity index (χ4v) is 3.68. The Labute approximate surface area is 119 Å². The smallest absolute Gasteiger partial charge is 0.308 e. The number of aromatic hydroxyl groups is 1. The number of thioether (sulfide) groups is 1. The largest absolute Gasteiger partial charge is 0.508 e. The molecule has 1 aromatic carbocycles. The molecule has 0 aliphatic carbocycles. The summed E-state index contributed by atoms with van der Waals surface area (Å²) in [6.07, 6.45) is 0.0310. The molecule has 0 unspecified atom stereocenters. The second-order valence-electron chi connectivity index (χ2n) is 4.01. The van der Waals surface area contributed by atoms with Crippen LogP contribution in [0.25, 0.3) is 0 Å². The molecule has 2 N–H and O–H groups in total. The summed E-state index contributed by atoms with van der Waals surface area (Å²) in [7, 11) is 0. The minimum absolute atomic E-state index is 0.0310. The van der Waals surface area contributed by atoms with Gasteiger partial charge < -0.3 is 10.2 Å². The number of phenols is 1. The standard InChI is InChI=1S/C13H13NO3S2/c1-8-11(6-12(16)17)19-13(14-8)18-7-9-2-4-10(15)5-3-9/h2-5,15H,6-7H2,1H3,(H,16,17). The van der Waals surface area contributed by atoms with Crippen molar-refractivity contribution in [3.8, 4) is 5.75 Å². The normalized spacial score (nSPS) is 10.6. The average molecular weight is 295 g/mol. The van der Waals surface area contributed by atoms with Crippen LogP contribution in [-0.4, -0.2) is 21.2 Å². The van der Waals surface area contributed by atoms with Crippen LogP contribution >= 0.6 is 23.1 Å². The van der Waals surface area contributed by atoms with E-state index >= 15 is 0 Å². The zero-order chi connectivity index (χ0) is 13.8. The van der Waals surface area contributed by atoms with Gasteiger partial charge in [-0.1, -0.05) is 23.9 Å². The zero-order valence-electron chi connectivity index (χ0n) is 10.3. The molecule has 1 heterocycles. The Balaban J connectivity index is 1.99. The topological polar surface area (TPSA) is 70.4 Å². The van der Waals surface area contributed by atoms with Crippen LogP contribution < -0.4 is 0 Å². The Morgan fingerprint density at radius 1 is 1.37 bits per heavy atom. The Morgan fingerprint density at radius 3 is 2.68 bits per heavy atom. The summed E-state index contributed by atoms with van der Waals surface area (Å²) in [5, 5.41) is 18.0. The number of hydrogen-bond donors (Lipinski definition) is 2. The van der Waals surface area contributed by atoms with Gasteiger partial charge in [0.2, 0.25) is 0 Å². The molecule has 4 nitrogen and oxygen atoms in total. The van der Waals surface area contributed by atoms with Crippen molar-refractivity contribution in [3.63, 3.8) is 0 Å². The van der Waals surface area contributed by atoms with E-state index in [1.54, 1.807) is 23.9 Å². The van der Waals surface area contributed by atoms with Gasteiger partial charge in [0.25, 0.3) is 0 Å². The van der Waals surface area contributed by atoms with Crippen molar-refractivity contribution < 1.29 is 15.0 Å². The fraction of sp³-hybridized carbons (Fsp3) is 0.231. The highest BCUT2D eigenvalue weighted by Gasteiger charge is 2.11. The first-order valence-electron chi connectivity index (χ1n) is 5.63. The molecular formula is C13H13NO3S2. The van der Waals surface area contributed by atoms with Gasteiger partial charge in [0.1, 0.15) is 5.75 Å². The lowest BCUT2D eigenvalue weighted by molar-refractivity contribution is -0.136. The third-order valence-electron chi connectivity index (χ3n) is 2.48. The Morgan fingerprint density at radius 2 is 2.05 bits per heavy atom. The number of rotatable bonds is 5. The molecule has 0 spiro atoms. The number of hydrogen-bond acceptors (Lipinski definition) is 5. The number of phenolic OH excluding ortho intramolecular Hbond substituents is 1. The molecule has 0 aliphatic heterocycles. The van der Waals surface area contributed by atoms with Gasteiger partial charge in [-0.15, -0.1) is 11.3 Å². The van der Waals surface area contributed by atoms with Crippen LogP contribution in [0.15, 0.2) is 28.6 Å². The molecule has 1 aromatic heterocycles. The van der Waals surface area contributed by atoms with E-state index in [-0.39, 0.29) is 12.2 Å². The predicted molar refractivity (Wildman–Crippen MR) is 75.9 cm³/mol. The second-order valence-corrected chi connectivity index (χ2v) is 6.32. The molecule has 0 radical (unpaired) electrons. The molecule has 0 bridgehead atoms. The molecule has 6 heteroatoms. The molecule has 0 saturated heterocycles. The predicted octanol–water partition coefficient (Wildman–Crippen LogP) is 3.08. The van der Waals surface area contributed by atoms with Gasteiger partial charge in [0.15, 0.2) is 4.34 Å². The van der Waals surface area contributed by atoms with Crippen molar-refractivity contribution in [3.05, 3.63) is 40.4 Å². The van der Waals surface area contributed by atoms with E-state index in [0.29, 0.717) is 0 Å². The van der Waals surface area contributed by atoms with Crippen molar-refractivity contribution >= 4 is 29.1 Å². The highest BCUT2D eigenvalue weighted by molar-refractivity contribution is 8.00. The van der Waals surface area contributed by atoms with Crippen LogP contribution in [0.5, 0.6) is 5.75 Å². The average Bonchev–Trinajstić information content (AvgIpc) is 2.69. The number of aliphatic carboxylic acids is 1. The summed E-state index contributed by atoms with van der Waals surface area (Å²) in [5.74, 6) is 0.171. The number of nitrogens with zero attached hydrogens (tertiary/aromatic N) is 1. The van der Waals surface area contributed by atoms with Gasteiger partial charge >= 0.3 is 5.97 Å². The van der Waals surface area contributed by atoms with Crippen LogP contribution in [0, 0.1) is 6.92 Å². The van der Waals surface area contributed by atoms with E-state index in [2.05, 4.69) is 4.98 Å². The fourth-order valence-electron chi connectivity index (χ4n) is 1.50. The van der Waals surface area contributed by atoms with Gasteiger partial charge in [-0.2, -0.15) is 0 Å². The monoisotopic (exact) mass is 295 g/mol. The maximum absolute atomic E-state index is 10.7. The van der Waals surface area contributed by atoms with Gasteiger partial charge in [0.05, 0.1) is 12.1 Å². The highest BCUT2D eigenvalue weighted by atomic mass is 32.2. The summed E-state index contributed by atoms with van der Waals surface area (Å²) >= 11 is 3.01. The van der Waals surface area contributed by atoms with E-state index in [0.717, 1.165) is 26.2 Å². The van der Waals surface area contributed by atoms with E-state index < -0.39 is 5.97 Å². The first-order chi connectivity index (χ1) is 9.04. The molecule has 0 aliphatic rings. The third-order valence-corrected chi connectivity index (χ3v) is 4.85. The summed E-state index contributed by atoms with van der Waals surface area (Å²) in [4.78, 5) is 15.9. The first kappa shape index (κ1) is 13.9. The molecule has 19 heavy (non-hydrogen) atoms. The van der Waals surface area contributed by atoms with Gasteiger partial charge in [0, 0.05) is 10.6 Å². The summed E-state index contributed by atoms with van der Waals surface area (Å²) in [6, 6.07) is 7.03. The van der Waals surface area contributed by atoms with Crippen LogP contribution in [-0.2, 0) is 17.0 Å². The molecule has 2 rings (SSSR count). The van der Waals surface area contributed by atoms with Crippen molar-refractivity contribution in [2.24, 2.45) is 0 Å². The van der Waals surface area contributed by atoms with Crippen molar-refractivity contribution in [2.45, 2.75) is 23.4 Å². The van der Waals surface area contributed by atoms with E-state index in [9.17, 15) is 9.90 Å². The molecule has 100 valence electrons. The molecule has 2 aromatic rings.